The largest absolute Gasteiger partial charge is 0.394 e. The van der Waals surface area contributed by atoms with E-state index in [-0.39, 0.29) is 0 Å². The van der Waals surface area contributed by atoms with Gasteiger partial charge in [-0.15, -0.1) is 11.8 Å². The van der Waals surface area contributed by atoms with Crippen molar-refractivity contribution in [2.24, 2.45) is 0 Å². The zero-order valence-electron chi connectivity index (χ0n) is 10.4. The molecule has 0 radical (unpaired) electrons. The van der Waals surface area contributed by atoms with E-state index in [0.29, 0.717) is 6.42 Å². The molecule has 0 fully saturated rings. The SMILES string of the molecule is CCC=C[C@@](O)([C@@H](O)C=S)[C@@](O)(SC)[C@H](O)CO. The Morgan fingerprint density at radius 3 is 2.22 bits per heavy atom. The highest BCUT2D eigenvalue weighted by Gasteiger charge is 2.55. The lowest BCUT2D eigenvalue weighted by molar-refractivity contribution is -0.160. The van der Waals surface area contributed by atoms with Gasteiger partial charge in [0.25, 0.3) is 0 Å². The van der Waals surface area contributed by atoms with Crippen LogP contribution in [0.15, 0.2) is 12.2 Å². The van der Waals surface area contributed by atoms with Crippen molar-refractivity contribution in [1.29, 1.82) is 0 Å². The van der Waals surface area contributed by atoms with E-state index < -0.39 is 29.3 Å². The summed E-state index contributed by atoms with van der Waals surface area (Å²) >= 11 is 5.30. The molecular weight excluding hydrogens is 276 g/mol. The molecule has 0 spiro atoms. The van der Waals surface area contributed by atoms with Crippen LogP contribution in [0.3, 0.4) is 0 Å². The third-order valence-electron chi connectivity index (χ3n) is 2.70. The number of thioether (sulfide) groups is 1. The lowest BCUT2D eigenvalue weighted by Gasteiger charge is -2.44. The third-order valence-corrected chi connectivity index (χ3v) is 4.18. The van der Waals surface area contributed by atoms with E-state index in [2.05, 4.69) is 12.2 Å². The number of allylic oxidation sites excluding steroid dienone is 1. The first kappa shape index (κ1) is 18.0. The molecule has 0 amide bonds. The number of thiocarbonyl (C=S) groups is 1. The predicted molar refractivity (Wildman–Crippen MR) is 75.6 cm³/mol. The zero-order valence-corrected chi connectivity index (χ0v) is 12.0. The molecule has 0 unspecified atom stereocenters. The van der Waals surface area contributed by atoms with Gasteiger partial charge in [0.15, 0.2) is 10.5 Å². The van der Waals surface area contributed by atoms with Crippen LogP contribution in [0.1, 0.15) is 13.3 Å². The molecule has 0 aromatic heterocycles. The fourth-order valence-corrected chi connectivity index (χ4v) is 2.59. The summed E-state index contributed by atoms with van der Waals surface area (Å²) in [5.41, 5.74) is -2.19. The van der Waals surface area contributed by atoms with Crippen LogP contribution in [0.2, 0.25) is 0 Å². The van der Waals surface area contributed by atoms with E-state index in [4.69, 9.17) is 5.11 Å². The number of aliphatic hydroxyl groups excluding tert-OH is 3. The second kappa shape index (κ2) is 7.54. The highest BCUT2D eigenvalue weighted by molar-refractivity contribution is 7.99. The molecular formula is C11H20O5S2. The van der Waals surface area contributed by atoms with Gasteiger partial charge in [-0.25, -0.2) is 0 Å². The Kier molecular flexibility index (Phi) is 7.53. The van der Waals surface area contributed by atoms with Gasteiger partial charge >= 0.3 is 0 Å². The molecule has 0 saturated carbocycles. The molecule has 106 valence electrons. The van der Waals surface area contributed by atoms with Crippen molar-refractivity contribution in [1.82, 2.24) is 0 Å². The van der Waals surface area contributed by atoms with Crippen molar-refractivity contribution in [3.05, 3.63) is 12.2 Å². The molecule has 0 bridgehead atoms. The third kappa shape index (κ3) is 3.30. The Balaban J connectivity index is 5.65. The summed E-state index contributed by atoms with van der Waals surface area (Å²) in [7, 11) is 0. The molecule has 5 nitrogen and oxygen atoms in total. The van der Waals surface area contributed by atoms with E-state index in [9.17, 15) is 20.4 Å². The van der Waals surface area contributed by atoms with Crippen LogP contribution in [0.5, 0.6) is 0 Å². The van der Waals surface area contributed by atoms with Gasteiger partial charge in [-0.05, 0) is 12.7 Å². The first-order chi connectivity index (χ1) is 8.33. The van der Waals surface area contributed by atoms with E-state index in [1.165, 1.54) is 18.4 Å². The van der Waals surface area contributed by atoms with Crippen molar-refractivity contribution >= 4 is 29.3 Å². The van der Waals surface area contributed by atoms with Crippen LogP contribution in [0.4, 0.5) is 0 Å². The highest BCUT2D eigenvalue weighted by Crippen LogP contribution is 2.38. The van der Waals surface area contributed by atoms with Gasteiger partial charge in [0.2, 0.25) is 0 Å². The molecule has 0 saturated heterocycles. The number of hydrogen-bond donors (Lipinski definition) is 5. The second-order valence-corrected chi connectivity index (χ2v) is 5.12. The van der Waals surface area contributed by atoms with Crippen molar-refractivity contribution in [3.8, 4) is 0 Å². The predicted octanol–water partition coefficient (Wildman–Crippen LogP) is -0.551. The number of aliphatic hydroxyl groups is 5. The standard InChI is InChI=1S/C11H20O5S2/c1-3-4-5-10(15,9(14)7-17)11(16,18-2)8(13)6-12/h4-5,7-9,12-16H,3,6H2,1-2H3/t8-,9+,10-,11+/m1/s1. The molecule has 0 aliphatic carbocycles. The lowest BCUT2D eigenvalue weighted by Crippen LogP contribution is -2.64. The van der Waals surface area contributed by atoms with Crippen LogP contribution in [0.25, 0.3) is 0 Å². The van der Waals surface area contributed by atoms with Crippen LogP contribution in [-0.2, 0) is 0 Å². The average Bonchev–Trinajstić information content (AvgIpc) is 2.41. The molecule has 0 aromatic carbocycles. The fourth-order valence-electron chi connectivity index (χ4n) is 1.52. The van der Waals surface area contributed by atoms with Crippen LogP contribution in [-0.4, -0.2) is 66.5 Å². The van der Waals surface area contributed by atoms with Gasteiger partial charge in [0.1, 0.15) is 12.2 Å². The van der Waals surface area contributed by atoms with Crippen LogP contribution >= 0.6 is 24.0 Å². The lowest BCUT2D eigenvalue weighted by atomic mass is 9.86. The zero-order chi connectivity index (χ0) is 14.4. The molecule has 4 atom stereocenters. The van der Waals surface area contributed by atoms with Crippen molar-refractivity contribution < 1.29 is 25.5 Å². The minimum absolute atomic E-state index is 0.562. The van der Waals surface area contributed by atoms with Gasteiger partial charge in [-0.3, -0.25) is 0 Å². The summed E-state index contributed by atoms with van der Waals surface area (Å²) in [5.74, 6) is 0. The van der Waals surface area contributed by atoms with Crippen LogP contribution in [0, 0.1) is 0 Å². The highest BCUT2D eigenvalue weighted by atomic mass is 32.2. The molecule has 18 heavy (non-hydrogen) atoms. The maximum atomic E-state index is 10.5. The molecule has 5 N–H and O–H groups in total. The molecule has 7 heteroatoms. The Hall–Kier alpha value is -0.0200. The Labute approximate surface area is 116 Å². The maximum Gasteiger partial charge on any atom is 0.173 e. The van der Waals surface area contributed by atoms with E-state index >= 15 is 0 Å². The summed E-state index contributed by atoms with van der Waals surface area (Å²) in [6, 6.07) is 0. The van der Waals surface area contributed by atoms with Gasteiger partial charge in [-0.2, -0.15) is 0 Å². The first-order valence-electron chi connectivity index (χ1n) is 5.43. The summed E-state index contributed by atoms with van der Waals surface area (Å²) < 4.78 is 0. The van der Waals surface area contributed by atoms with Gasteiger partial charge in [0.05, 0.1) is 6.61 Å². The monoisotopic (exact) mass is 296 g/mol. The summed E-state index contributed by atoms with van der Waals surface area (Å²) in [6.07, 6.45) is 1.53. The van der Waals surface area contributed by atoms with Crippen molar-refractivity contribution in [2.75, 3.05) is 12.9 Å². The Morgan fingerprint density at radius 1 is 1.33 bits per heavy atom. The summed E-state index contributed by atoms with van der Waals surface area (Å²) in [6.45, 7) is 1.05. The molecule has 0 aliphatic heterocycles. The minimum atomic E-state index is -2.19. The van der Waals surface area contributed by atoms with Crippen molar-refractivity contribution in [2.45, 2.75) is 36.1 Å². The Morgan fingerprint density at radius 2 is 1.89 bits per heavy atom. The fraction of sp³-hybridized carbons (Fsp3) is 0.727. The van der Waals surface area contributed by atoms with E-state index in [0.717, 1.165) is 17.1 Å². The van der Waals surface area contributed by atoms with Gasteiger partial charge in [-0.1, -0.05) is 31.3 Å². The van der Waals surface area contributed by atoms with E-state index in [1.807, 2.05) is 0 Å². The molecule has 0 rings (SSSR count). The quantitative estimate of drug-likeness (QED) is 0.233. The average molecular weight is 296 g/mol. The number of hydrogen-bond acceptors (Lipinski definition) is 7. The van der Waals surface area contributed by atoms with Gasteiger partial charge < -0.3 is 25.5 Å². The second-order valence-electron chi connectivity index (χ2n) is 3.82. The minimum Gasteiger partial charge on any atom is -0.394 e. The normalized spacial score (nSPS) is 22.2. The maximum absolute atomic E-state index is 10.5. The number of rotatable bonds is 8. The van der Waals surface area contributed by atoms with Crippen molar-refractivity contribution in [3.63, 3.8) is 0 Å². The first-order valence-corrected chi connectivity index (χ1v) is 7.13. The topological polar surface area (TPSA) is 101 Å². The smallest absolute Gasteiger partial charge is 0.173 e. The molecule has 0 heterocycles. The van der Waals surface area contributed by atoms with Gasteiger partial charge in [0, 0.05) is 5.37 Å². The van der Waals surface area contributed by atoms with Crippen LogP contribution < -0.4 is 0 Å². The molecule has 0 aromatic rings. The Bertz CT molecular complexity index is 299. The summed E-state index contributed by atoms with van der Waals surface area (Å²) in [5, 5.41) is 50.1. The molecule has 0 aliphatic rings. The van der Waals surface area contributed by atoms with E-state index in [1.54, 1.807) is 6.92 Å². The summed E-state index contributed by atoms with van der Waals surface area (Å²) in [4.78, 5) is -2.18.